The Bertz CT molecular complexity index is 630. The van der Waals surface area contributed by atoms with Crippen molar-refractivity contribution in [1.82, 2.24) is 9.55 Å². The molecule has 0 aliphatic carbocycles. The lowest BCUT2D eigenvalue weighted by Gasteiger charge is -2.07. The molecule has 0 atom stereocenters. The van der Waals surface area contributed by atoms with Crippen molar-refractivity contribution in [2.75, 3.05) is 6.61 Å². The van der Waals surface area contributed by atoms with Gasteiger partial charge in [-0.2, -0.15) is 0 Å². The molecule has 1 aromatic heterocycles. The minimum Gasteiger partial charge on any atom is -0.462 e. The van der Waals surface area contributed by atoms with Crippen LogP contribution >= 0.6 is 0 Å². The van der Waals surface area contributed by atoms with Crippen LogP contribution in [0.2, 0.25) is 0 Å². The van der Waals surface area contributed by atoms with Crippen LogP contribution in [0.5, 0.6) is 0 Å². The van der Waals surface area contributed by atoms with Gasteiger partial charge in [-0.05, 0) is 30.7 Å². The molecule has 0 unspecified atom stereocenters. The Kier molecular flexibility index (Phi) is 4.30. The van der Waals surface area contributed by atoms with Crippen LogP contribution in [0.4, 0.5) is 4.39 Å². The Morgan fingerprint density at radius 3 is 2.65 bits per heavy atom. The van der Waals surface area contributed by atoms with E-state index in [1.807, 2.05) is 0 Å². The van der Waals surface area contributed by atoms with Crippen molar-refractivity contribution in [3.05, 3.63) is 53.9 Å². The number of nitrogens with zero attached hydrogens (tertiary/aromatic N) is 2. The number of benzene rings is 1. The summed E-state index contributed by atoms with van der Waals surface area (Å²) in [6.07, 6.45) is 4.99. The van der Waals surface area contributed by atoms with Crippen molar-refractivity contribution >= 4 is 17.6 Å². The SMILES string of the molecule is CCOC(=O)/C(=C/c1ccc(F)cc1)c1nccn1C. The second kappa shape index (κ2) is 6.14. The highest BCUT2D eigenvalue weighted by atomic mass is 19.1. The van der Waals surface area contributed by atoms with E-state index in [4.69, 9.17) is 4.74 Å². The van der Waals surface area contributed by atoms with Crippen LogP contribution in [0.25, 0.3) is 11.6 Å². The standard InChI is InChI=1S/C15H15FN2O2/c1-3-20-15(19)13(14-17-8-9-18(14)2)10-11-4-6-12(16)7-5-11/h4-10H,3H2,1-2H3/b13-10+. The largest absolute Gasteiger partial charge is 0.462 e. The average molecular weight is 274 g/mol. The van der Waals surface area contributed by atoms with Gasteiger partial charge >= 0.3 is 5.97 Å². The summed E-state index contributed by atoms with van der Waals surface area (Å²) in [4.78, 5) is 16.2. The van der Waals surface area contributed by atoms with Gasteiger partial charge in [-0.3, -0.25) is 0 Å². The van der Waals surface area contributed by atoms with E-state index in [0.717, 1.165) is 0 Å². The number of aryl methyl sites for hydroxylation is 1. The minimum atomic E-state index is -0.453. The average Bonchev–Trinajstić information content (AvgIpc) is 2.84. The third-order valence-corrected chi connectivity index (χ3v) is 2.74. The first-order valence-electron chi connectivity index (χ1n) is 6.24. The van der Waals surface area contributed by atoms with Gasteiger partial charge in [-0.15, -0.1) is 0 Å². The molecule has 2 rings (SSSR count). The first kappa shape index (κ1) is 14.0. The first-order valence-corrected chi connectivity index (χ1v) is 6.24. The summed E-state index contributed by atoms with van der Waals surface area (Å²) in [5.74, 6) is -0.268. The summed E-state index contributed by atoms with van der Waals surface area (Å²) in [5.41, 5.74) is 1.04. The zero-order chi connectivity index (χ0) is 14.5. The Hall–Kier alpha value is -2.43. The van der Waals surface area contributed by atoms with E-state index in [1.54, 1.807) is 49.1 Å². The number of ether oxygens (including phenoxy) is 1. The normalized spacial score (nSPS) is 11.4. The molecule has 0 radical (unpaired) electrons. The van der Waals surface area contributed by atoms with Gasteiger partial charge in [0.15, 0.2) is 0 Å². The van der Waals surface area contributed by atoms with E-state index in [1.165, 1.54) is 12.1 Å². The number of rotatable bonds is 4. The van der Waals surface area contributed by atoms with Crippen LogP contribution in [0.15, 0.2) is 36.7 Å². The zero-order valence-electron chi connectivity index (χ0n) is 11.3. The number of aromatic nitrogens is 2. The number of hydrogen-bond acceptors (Lipinski definition) is 3. The number of esters is 1. The molecule has 0 aliphatic rings. The molecule has 0 fully saturated rings. The lowest BCUT2D eigenvalue weighted by Crippen LogP contribution is -2.10. The van der Waals surface area contributed by atoms with E-state index in [0.29, 0.717) is 17.0 Å². The lowest BCUT2D eigenvalue weighted by molar-refractivity contribution is -0.136. The Balaban J connectivity index is 2.43. The number of hydrogen-bond donors (Lipinski definition) is 0. The zero-order valence-corrected chi connectivity index (χ0v) is 11.3. The molecular weight excluding hydrogens is 259 g/mol. The molecule has 4 nitrogen and oxygen atoms in total. The van der Waals surface area contributed by atoms with Gasteiger partial charge in [0.05, 0.1) is 6.61 Å². The molecule has 0 bridgehead atoms. The second-order valence-corrected chi connectivity index (χ2v) is 4.19. The smallest absolute Gasteiger partial charge is 0.341 e. The molecule has 0 spiro atoms. The van der Waals surface area contributed by atoms with Gasteiger partial charge in [0.1, 0.15) is 17.2 Å². The van der Waals surface area contributed by atoms with Crippen molar-refractivity contribution in [3.63, 3.8) is 0 Å². The molecule has 1 aromatic carbocycles. The van der Waals surface area contributed by atoms with Crippen LogP contribution in [0, 0.1) is 5.82 Å². The molecule has 0 saturated heterocycles. The van der Waals surface area contributed by atoms with Crippen LogP contribution < -0.4 is 0 Å². The third kappa shape index (κ3) is 3.12. The lowest BCUT2D eigenvalue weighted by atomic mass is 10.1. The van der Waals surface area contributed by atoms with Crippen LogP contribution in [-0.4, -0.2) is 22.1 Å². The minimum absolute atomic E-state index is 0.282. The highest BCUT2D eigenvalue weighted by Crippen LogP contribution is 2.18. The van der Waals surface area contributed by atoms with Crippen molar-refractivity contribution in [3.8, 4) is 0 Å². The fourth-order valence-corrected chi connectivity index (χ4v) is 1.77. The quantitative estimate of drug-likeness (QED) is 0.636. The highest BCUT2D eigenvalue weighted by molar-refractivity contribution is 6.20. The van der Waals surface area contributed by atoms with Gasteiger partial charge in [0.25, 0.3) is 0 Å². The van der Waals surface area contributed by atoms with Crippen LogP contribution in [0.3, 0.4) is 0 Å². The van der Waals surface area contributed by atoms with E-state index in [2.05, 4.69) is 4.98 Å². The number of carbonyl (C=O) groups is 1. The predicted molar refractivity (Wildman–Crippen MR) is 74.1 cm³/mol. The third-order valence-electron chi connectivity index (χ3n) is 2.74. The molecule has 2 aromatic rings. The van der Waals surface area contributed by atoms with Gasteiger partial charge in [-0.25, -0.2) is 14.2 Å². The first-order chi connectivity index (χ1) is 9.61. The van der Waals surface area contributed by atoms with Gasteiger partial charge in [-0.1, -0.05) is 12.1 Å². The molecule has 0 aliphatic heterocycles. The number of imidazole rings is 1. The summed E-state index contributed by atoms with van der Waals surface area (Å²) >= 11 is 0. The summed E-state index contributed by atoms with van der Waals surface area (Å²) in [6, 6.07) is 5.87. The molecule has 0 saturated carbocycles. The molecule has 0 N–H and O–H groups in total. The molecule has 104 valence electrons. The van der Waals surface area contributed by atoms with E-state index in [9.17, 15) is 9.18 Å². The number of carbonyl (C=O) groups excluding carboxylic acids is 1. The van der Waals surface area contributed by atoms with E-state index in [-0.39, 0.29) is 12.4 Å². The Morgan fingerprint density at radius 2 is 2.10 bits per heavy atom. The van der Waals surface area contributed by atoms with E-state index >= 15 is 0 Å². The van der Waals surface area contributed by atoms with Crippen molar-refractivity contribution < 1.29 is 13.9 Å². The molecular formula is C15H15FN2O2. The van der Waals surface area contributed by atoms with Gasteiger partial charge in [0.2, 0.25) is 0 Å². The maximum absolute atomic E-state index is 12.9. The Labute approximate surface area is 116 Å². The van der Waals surface area contributed by atoms with Gasteiger partial charge < -0.3 is 9.30 Å². The summed E-state index contributed by atoms with van der Waals surface area (Å²) in [6.45, 7) is 2.02. The molecule has 1 heterocycles. The molecule has 5 heteroatoms. The second-order valence-electron chi connectivity index (χ2n) is 4.19. The highest BCUT2D eigenvalue weighted by Gasteiger charge is 2.17. The monoisotopic (exact) mass is 274 g/mol. The van der Waals surface area contributed by atoms with Crippen molar-refractivity contribution in [1.29, 1.82) is 0 Å². The molecule has 20 heavy (non-hydrogen) atoms. The van der Waals surface area contributed by atoms with Crippen molar-refractivity contribution in [2.24, 2.45) is 7.05 Å². The maximum atomic E-state index is 12.9. The predicted octanol–water partition coefficient (Wildman–Crippen LogP) is 2.66. The van der Waals surface area contributed by atoms with Crippen LogP contribution in [-0.2, 0) is 16.6 Å². The molecule has 0 amide bonds. The summed E-state index contributed by atoms with van der Waals surface area (Å²) in [5, 5.41) is 0. The van der Waals surface area contributed by atoms with Gasteiger partial charge in [0, 0.05) is 19.4 Å². The maximum Gasteiger partial charge on any atom is 0.341 e. The fourth-order valence-electron chi connectivity index (χ4n) is 1.77. The Morgan fingerprint density at radius 1 is 1.40 bits per heavy atom. The number of halogens is 1. The van der Waals surface area contributed by atoms with E-state index < -0.39 is 5.97 Å². The van der Waals surface area contributed by atoms with Crippen LogP contribution in [0.1, 0.15) is 18.3 Å². The van der Waals surface area contributed by atoms with Crippen molar-refractivity contribution in [2.45, 2.75) is 6.92 Å². The summed E-state index contributed by atoms with van der Waals surface area (Å²) < 4.78 is 19.7. The fraction of sp³-hybridized carbons (Fsp3) is 0.200. The topological polar surface area (TPSA) is 44.1 Å². The summed E-state index contributed by atoms with van der Waals surface area (Å²) in [7, 11) is 1.79.